The van der Waals surface area contributed by atoms with Crippen LogP contribution in [0, 0.1) is 11.3 Å². The molecule has 0 bridgehead atoms. The van der Waals surface area contributed by atoms with Gasteiger partial charge in [-0.05, 0) is 30.3 Å². The Labute approximate surface area is 108 Å². The Hall–Kier alpha value is 0.220. The van der Waals surface area contributed by atoms with Gasteiger partial charge in [0.2, 0.25) is 0 Å². The highest BCUT2D eigenvalue weighted by Gasteiger charge is 2.43. The highest BCUT2D eigenvalue weighted by molar-refractivity contribution is 7.99. The monoisotopic (exact) mass is 282 g/mol. The van der Waals surface area contributed by atoms with Crippen LogP contribution in [0.15, 0.2) is 0 Å². The smallest absolute Gasteiger partial charge is 0.150 e. The van der Waals surface area contributed by atoms with Gasteiger partial charge >= 0.3 is 0 Å². The minimum Gasteiger partial charge on any atom is -0.396 e. The minimum atomic E-state index is -2.96. The lowest BCUT2D eigenvalue weighted by Crippen LogP contribution is -2.39. The second-order valence-corrected chi connectivity index (χ2v) is 8.35. The van der Waals surface area contributed by atoms with Crippen LogP contribution in [0.1, 0.15) is 19.8 Å². The van der Waals surface area contributed by atoms with E-state index in [0.29, 0.717) is 12.8 Å². The molecule has 0 aliphatic carbocycles. The first kappa shape index (κ1) is 15.3. The molecule has 0 aromatic heterocycles. The molecule has 6 heteroatoms. The average Bonchev–Trinajstić information content (AvgIpc) is 2.66. The highest BCUT2D eigenvalue weighted by Crippen LogP contribution is 2.39. The predicted octanol–water partition coefficient (Wildman–Crippen LogP) is 0.535. The van der Waals surface area contributed by atoms with Gasteiger partial charge in [0.1, 0.15) is 0 Å². The lowest BCUT2D eigenvalue weighted by atomic mass is 9.74. The quantitative estimate of drug-likeness (QED) is 0.667. The van der Waals surface area contributed by atoms with Crippen LogP contribution in [0.2, 0.25) is 0 Å². The third kappa shape index (κ3) is 3.84. The Bertz CT molecular complexity index is 322. The summed E-state index contributed by atoms with van der Waals surface area (Å²) in [6.45, 7) is 1.80. The van der Waals surface area contributed by atoms with E-state index in [9.17, 15) is 18.6 Å². The van der Waals surface area contributed by atoms with Crippen molar-refractivity contribution in [3.8, 4) is 0 Å². The van der Waals surface area contributed by atoms with Gasteiger partial charge in [0.15, 0.2) is 9.84 Å². The normalized spacial score (nSPS) is 24.1. The summed E-state index contributed by atoms with van der Waals surface area (Å²) < 4.78 is 23.0. The third-order valence-corrected chi connectivity index (χ3v) is 6.35. The Morgan fingerprint density at radius 2 is 2.00 bits per heavy atom. The first-order valence-corrected chi connectivity index (χ1v) is 8.97. The Morgan fingerprint density at radius 3 is 2.41 bits per heavy atom. The molecule has 1 aliphatic heterocycles. The highest BCUT2D eigenvalue weighted by atomic mass is 32.2. The summed E-state index contributed by atoms with van der Waals surface area (Å²) in [5.74, 6) is 2.06. The minimum absolute atomic E-state index is 0.0973. The molecule has 1 atom stereocenters. The van der Waals surface area contributed by atoms with Gasteiger partial charge in [-0.25, -0.2) is 8.42 Å². The van der Waals surface area contributed by atoms with Crippen molar-refractivity contribution in [2.24, 2.45) is 11.3 Å². The van der Waals surface area contributed by atoms with Crippen LogP contribution >= 0.6 is 11.8 Å². The van der Waals surface area contributed by atoms with Crippen LogP contribution < -0.4 is 0 Å². The average molecular weight is 282 g/mol. The van der Waals surface area contributed by atoms with Crippen molar-refractivity contribution in [3.63, 3.8) is 0 Å². The molecular weight excluding hydrogens is 260 g/mol. The Morgan fingerprint density at radius 1 is 1.35 bits per heavy atom. The number of thioether (sulfide) groups is 1. The topological polar surface area (TPSA) is 74.6 Å². The van der Waals surface area contributed by atoms with E-state index in [2.05, 4.69) is 6.92 Å². The molecule has 102 valence electrons. The van der Waals surface area contributed by atoms with Crippen molar-refractivity contribution >= 4 is 21.6 Å². The third-order valence-electron chi connectivity index (χ3n) is 3.68. The second kappa shape index (κ2) is 6.41. The first-order valence-electron chi connectivity index (χ1n) is 5.99. The molecule has 0 amide bonds. The van der Waals surface area contributed by atoms with Crippen molar-refractivity contribution < 1.29 is 18.6 Å². The van der Waals surface area contributed by atoms with E-state index in [1.54, 1.807) is 11.8 Å². The molecule has 17 heavy (non-hydrogen) atoms. The Kier molecular flexibility index (Phi) is 5.76. The summed E-state index contributed by atoms with van der Waals surface area (Å²) in [5, 5.41) is 19.1. The zero-order valence-electron chi connectivity index (χ0n) is 10.3. The molecule has 1 aliphatic rings. The predicted molar refractivity (Wildman–Crippen MR) is 71.0 cm³/mol. The van der Waals surface area contributed by atoms with Crippen LogP contribution in [0.5, 0.6) is 0 Å². The van der Waals surface area contributed by atoms with Crippen LogP contribution in [0.4, 0.5) is 0 Å². The molecular formula is C11H22O4S2. The van der Waals surface area contributed by atoms with Gasteiger partial charge in [0.05, 0.1) is 24.7 Å². The van der Waals surface area contributed by atoms with E-state index < -0.39 is 15.3 Å². The molecule has 4 nitrogen and oxygen atoms in total. The van der Waals surface area contributed by atoms with Gasteiger partial charge in [-0.15, -0.1) is 0 Å². The van der Waals surface area contributed by atoms with E-state index in [1.807, 2.05) is 0 Å². The number of sulfone groups is 1. The van der Waals surface area contributed by atoms with E-state index in [4.69, 9.17) is 0 Å². The summed E-state index contributed by atoms with van der Waals surface area (Å²) >= 11 is 1.75. The summed E-state index contributed by atoms with van der Waals surface area (Å²) in [7, 11) is -2.96. The standard InChI is InChI=1S/C11H22O4S2/c1-2-16-5-4-11(8-12,9-13)10-3-6-17(14,15)7-10/h10,12-13H,2-9H2,1H3. The zero-order valence-corrected chi connectivity index (χ0v) is 11.9. The summed E-state index contributed by atoms with van der Waals surface area (Å²) in [4.78, 5) is 0. The maximum atomic E-state index is 11.5. The number of hydrogen-bond donors (Lipinski definition) is 2. The summed E-state index contributed by atoms with van der Waals surface area (Å²) in [5.41, 5.74) is -0.619. The fourth-order valence-electron chi connectivity index (χ4n) is 2.37. The van der Waals surface area contributed by atoms with Crippen molar-refractivity contribution in [2.45, 2.75) is 19.8 Å². The molecule has 1 heterocycles. The molecule has 1 rings (SSSR count). The van der Waals surface area contributed by atoms with Gasteiger partial charge in [0, 0.05) is 5.41 Å². The van der Waals surface area contributed by atoms with Crippen molar-refractivity contribution in [2.75, 3.05) is 36.2 Å². The second-order valence-electron chi connectivity index (χ2n) is 4.73. The molecule has 1 fully saturated rings. The lowest BCUT2D eigenvalue weighted by Gasteiger charge is -2.35. The molecule has 0 spiro atoms. The first-order chi connectivity index (χ1) is 7.99. The summed E-state index contributed by atoms with van der Waals surface area (Å²) in [6.07, 6.45) is 1.25. The molecule has 0 aromatic carbocycles. The molecule has 1 unspecified atom stereocenters. The molecule has 0 radical (unpaired) electrons. The number of aliphatic hydroxyl groups is 2. The number of rotatable bonds is 7. The van der Waals surface area contributed by atoms with E-state index in [-0.39, 0.29) is 30.6 Å². The van der Waals surface area contributed by atoms with Crippen LogP contribution in [0.3, 0.4) is 0 Å². The van der Waals surface area contributed by atoms with E-state index >= 15 is 0 Å². The molecule has 0 saturated carbocycles. The van der Waals surface area contributed by atoms with Gasteiger partial charge in [-0.1, -0.05) is 6.92 Å². The van der Waals surface area contributed by atoms with E-state index in [0.717, 1.165) is 11.5 Å². The Balaban J connectivity index is 2.70. The van der Waals surface area contributed by atoms with Gasteiger partial charge in [-0.2, -0.15) is 11.8 Å². The zero-order chi connectivity index (χ0) is 12.9. The maximum absolute atomic E-state index is 11.5. The molecule has 1 saturated heterocycles. The lowest BCUT2D eigenvalue weighted by molar-refractivity contribution is 0.0101. The SMILES string of the molecule is CCSCCC(CO)(CO)C1CCS(=O)(=O)C1. The number of hydrogen-bond acceptors (Lipinski definition) is 5. The van der Waals surface area contributed by atoms with Crippen molar-refractivity contribution in [1.29, 1.82) is 0 Å². The molecule has 2 N–H and O–H groups in total. The van der Waals surface area contributed by atoms with Crippen LogP contribution in [0.25, 0.3) is 0 Å². The van der Waals surface area contributed by atoms with E-state index in [1.165, 1.54) is 0 Å². The summed E-state index contributed by atoms with van der Waals surface area (Å²) in [6, 6.07) is 0. The number of aliphatic hydroxyl groups excluding tert-OH is 2. The largest absolute Gasteiger partial charge is 0.396 e. The fourth-order valence-corrected chi connectivity index (χ4v) is 5.15. The van der Waals surface area contributed by atoms with Crippen LogP contribution in [-0.4, -0.2) is 54.9 Å². The van der Waals surface area contributed by atoms with Gasteiger partial charge in [0.25, 0.3) is 0 Å². The van der Waals surface area contributed by atoms with Crippen LogP contribution in [-0.2, 0) is 9.84 Å². The van der Waals surface area contributed by atoms with Crippen molar-refractivity contribution in [3.05, 3.63) is 0 Å². The van der Waals surface area contributed by atoms with Crippen molar-refractivity contribution in [1.82, 2.24) is 0 Å². The van der Waals surface area contributed by atoms with Gasteiger partial charge < -0.3 is 10.2 Å². The van der Waals surface area contributed by atoms with Gasteiger partial charge in [-0.3, -0.25) is 0 Å². The fraction of sp³-hybridized carbons (Fsp3) is 1.00. The molecule has 0 aromatic rings. The maximum Gasteiger partial charge on any atom is 0.150 e.